The summed E-state index contributed by atoms with van der Waals surface area (Å²) in [6.45, 7) is 3.89. The Labute approximate surface area is 187 Å². The molecule has 0 spiro atoms. The van der Waals surface area contributed by atoms with E-state index in [0.29, 0.717) is 34.3 Å². The zero-order valence-corrected chi connectivity index (χ0v) is 18.7. The molecule has 3 aromatic rings. The van der Waals surface area contributed by atoms with Gasteiger partial charge in [-0.15, -0.1) is 10.2 Å². The number of halogens is 2. The molecule has 0 amide bonds. The van der Waals surface area contributed by atoms with Crippen LogP contribution in [0.3, 0.4) is 0 Å². The second kappa shape index (κ2) is 10.4. The van der Waals surface area contributed by atoms with Crippen molar-refractivity contribution in [2.75, 3.05) is 13.7 Å². The van der Waals surface area contributed by atoms with Crippen LogP contribution >= 0.6 is 23.4 Å². The quantitative estimate of drug-likeness (QED) is 0.366. The van der Waals surface area contributed by atoms with E-state index < -0.39 is 11.4 Å². The maximum atomic E-state index is 14.1. The number of methoxy groups -OCH3 is 1. The second-order valence-electron chi connectivity index (χ2n) is 6.26. The molecule has 0 aliphatic heterocycles. The Hall–Kier alpha value is -2.91. The largest absolute Gasteiger partial charge is 0.493 e. The van der Waals surface area contributed by atoms with Crippen LogP contribution in [-0.2, 0) is 5.75 Å². The van der Waals surface area contributed by atoms with Gasteiger partial charge < -0.3 is 9.47 Å². The third kappa shape index (κ3) is 5.42. The van der Waals surface area contributed by atoms with Crippen molar-refractivity contribution in [2.45, 2.75) is 24.8 Å². The molecule has 3 rings (SSSR count). The molecule has 0 unspecified atom stereocenters. The molecule has 0 fully saturated rings. The summed E-state index contributed by atoms with van der Waals surface area (Å²) in [5.74, 6) is 0.888. The van der Waals surface area contributed by atoms with Crippen molar-refractivity contribution in [3.05, 3.63) is 74.4 Å². The van der Waals surface area contributed by atoms with Gasteiger partial charge in [-0.1, -0.05) is 29.4 Å². The minimum absolute atomic E-state index is 0.162. The Bertz CT molecular complexity index is 1150. The zero-order valence-electron chi connectivity index (χ0n) is 17.1. The highest BCUT2D eigenvalue weighted by Gasteiger charge is 2.13. The molecule has 0 bridgehead atoms. The maximum absolute atomic E-state index is 14.1. The number of benzene rings is 2. The van der Waals surface area contributed by atoms with Crippen molar-refractivity contribution in [1.29, 1.82) is 0 Å². The average molecular weight is 463 g/mol. The van der Waals surface area contributed by atoms with E-state index in [1.165, 1.54) is 18.3 Å². The first-order chi connectivity index (χ1) is 14.9. The van der Waals surface area contributed by atoms with Gasteiger partial charge in [-0.3, -0.25) is 4.79 Å². The number of aryl methyl sites for hydroxylation is 1. The molecule has 0 aliphatic carbocycles. The van der Waals surface area contributed by atoms with Crippen LogP contribution in [0.4, 0.5) is 4.39 Å². The normalized spacial score (nSPS) is 11.1. The number of hydrogen-bond acceptors (Lipinski definition) is 7. The number of ether oxygens (including phenoxy) is 2. The SMILES string of the molecule is CCOc1cc(C=Nn2c(SCc3c(F)cccc3Cl)nnc(C)c2=O)ccc1OC. The van der Waals surface area contributed by atoms with Crippen LogP contribution in [0.2, 0.25) is 5.02 Å². The number of thioether (sulfide) groups is 1. The summed E-state index contributed by atoms with van der Waals surface area (Å²) in [6, 6.07) is 9.75. The van der Waals surface area contributed by atoms with Crippen LogP contribution in [-0.4, -0.2) is 34.8 Å². The number of aromatic nitrogens is 3. The topological polar surface area (TPSA) is 78.6 Å². The molecule has 0 saturated heterocycles. The van der Waals surface area contributed by atoms with Crippen LogP contribution in [0.5, 0.6) is 11.5 Å². The van der Waals surface area contributed by atoms with E-state index in [1.807, 2.05) is 6.92 Å². The standard InChI is InChI=1S/C21H20ClFN4O3S/c1-4-30-19-10-14(8-9-18(19)29-3)11-24-27-20(28)13(2)25-26-21(27)31-12-15-16(22)6-5-7-17(15)23/h5-11H,4,12H2,1-3H3. The molecule has 1 heterocycles. The fourth-order valence-electron chi connectivity index (χ4n) is 2.61. The van der Waals surface area contributed by atoms with Gasteiger partial charge in [-0.25, -0.2) is 4.39 Å². The Balaban J connectivity index is 1.91. The Morgan fingerprint density at radius 1 is 1.26 bits per heavy atom. The smallest absolute Gasteiger partial charge is 0.296 e. The van der Waals surface area contributed by atoms with E-state index in [2.05, 4.69) is 15.3 Å². The molecule has 0 radical (unpaired) electrons. The van der Waals surface area contributed by atoms with Crippen molar-refractivity contribution in [3.8, 4) is 11.5 Å². The third-order valence-electron chi connectivity index (χ3n) is 4.19. The molecule has 162 valence electrons. The molecule has 0 saturated carbocycles. The molecular weight excluding hydrogens is 443 g/mol. The van der Waals surface area contributed by atoms with Gasteiger partial charge in [-0.2, -0.15) is 9.78 Å². The van der Waals surface area contributed by atoms with E-state index in [4.69, 9.17) is 21.1 Å². The molecule has 1 aromatic heterocycles. The summed E-state index contributed by atoms with van der Waals surface area (Å²) < 4.78 is 26.0. The first-order valence-corrected chi connectivity index (χ1v) is 10.7. The van der Waals surface area contributed by atoms with E-state index >= 15 is 0 Å². The summed E-state index contributed by atoms with van der Waals surface area (Å²) >= 11 is 7.20. The van der Waals surface area contributed by atoms with Gasteiger partial charge in [0.2, 0.25) is 5.16 Å². The van der Waals surface area contributed by atoms with Crippen molar-refractivity contribution in [1.82, 2.24) is 14.9 Å². The van der Waals surface area contributed by atoms with Crippen molar-refractivity contribution >= 4 is 29.6 Å². The lowest BCUT2D eigenvalue weighted by Crippen LogP contribution is -2.23. The lowest BCUT2D eigenvalue weighted by Gasteiger charge is -2.10. The van der Waals surface area contributed by atoms with E-state index in [-0.39, 0.29) is 16.6 Å². The lowest BCUT2D eigenvalue weighted by atomic mass is 10.2. The molecule has 7 nitrogen and oxygen atoms in total. The summed E-state index contributed by atoms with van der Waals surface area (Å²) in [7, 11) is 1.56. The Morgan fingerprint density at radius 2 is 2.06 bits per heavy atom. The van der Waals surface area contributed by atoms with Gasteiger partial charge in [0, 0.05) is 16.3 Å². The summed E-state index contributed by atoms with van der Waals surface area (Å²) in [6.07, 6.45) is 1.50. The highest BCUT2D eigenvalue weighted by molar-refractivity contribution is 7.98. The van der Waals surface area contributed by atoms with Crippen LogP contribution in [0.1, 0.15) is 23.7 Å². The molecule has 10 heteroatoms. The average Bonchev–Trinajstić information content (AvgIpc) is 2.75. The molecule has 0 atom stereocenters. The molecule has 31 heavy (non-hydrogen) atoms. The summed E-state index contributed by atoms with van der Waals surface area (Å²) in [5, 5.41) is 12.7. The zero-order chi connectivity index (χ0) is 22.4. The molecular formula is C21H20ClFN4O3S. The highest BCUT2D eigenvalue weighted by Crippen LogP contribution is 2.28. The van der Waals surface area contributed by atoms with Crippen LogP contribution in [0.15, 0.2) is 51.5 Å². The first-order valence-electron chi connectivity index (χ1n) is 9.31. The predicted octanol–water partition coefficient (Wildman–Crippen LogP) is 4.32. The van der Waals surface area contributed by atoms with Gasteiger partial charge in [-0.05, 0) is 49.7 Å². The first kappa shape index (κ1) is 22.8. The van der Waals surface area contributed by atoms with Crippen LogP contribution in [0, 0.1) is 12.7 Å². The van der Waals surface area contributed by atoms with Gasteiger partial charge in [0.15, 0.2) is 11.5 Å². The van der Waals surface area contributed by atoms with Gasteiger partial charge in [0.05, 0.1) is 19.9 Å². The fourth-order valence-corrected chi connectivity index (χ4v) is 3.83. The van der Waals surface area contributed by atoms with Crippen LogP contribution in [0.25, 0.3) is 0 Å². The Morgan fingerprint density at radius 3 is 2.77 bits per heavy atom. The maximum Gasteiger partial charge on any atom is 0.296 e. The molecule has 2 aromatic carbocycles. The van der Waals surface area contributed by atoms with Gasteiger partial charge in [0.25, 0.3) is 5.56 Å². The Kier molecular flexibility index (Phi) is 7.64. The van der Waals surface area contributed by atoms with Crippen molar-refractivity contribution < 1.29 is 13.9 Å². The van der Waals surface area contributed by atoms with Gasteiger partial charge >= 0.3 is 0 Å². The van der Waals surface area contributed by atoms with Gasteiger partial charge in [0.1, 0.15) is 11.5 Å². The second-order valence-corrected chi connectivity index (χ2v) is 7.61. The third-order valence-corrected chi connectivity index (χ3v) is 5.49. The molecule has 0 N–H and O–H groups in total. The highest BCUT2D eigenvalue weighted by atomic mass is 35.5. The minimum Gasteiger partial charge on any atom is -0.493 e. The summed E-state index contributed by atoms with van der Waals surface area (Å²) in [4.78, 5) is 12.6. The van der Waals surface area contributed by atoms with E-state index in [9.17, 15) is 9.18 Å². The van der Waals surface area contributed by atoms with Crippen LogP contribution < -0.4 is 15.0 Å². The molecule has 0 aliphatic rings. The number of rotatable bonds is 8. The predicted molar refractivity (Wildman–Crippen MR) is 119 cm³/mol. The minimum atomic E-state index is -0.431. The van der Waals surface area contributed by atoms with Crippen molar-refractivity contribution in [2.24, 2.45) is 5.10 Å². The van der Waals surface area contributed by atoms with Crippen molar-refractivity contribution in [3.63, 3.8) is 0 Å². The monoisotopic (exact) mass is 462 g/mol. The fraction of sp³-hybridized carbons (Fsp3) is 0.238. The number of hydrogen-bond donors (Lipinski definition) is 0. The number of nitrogens with zero attached hydrogens (tertiary/aromatic N) is 4. The van der Waals surface area contributed by atoms with E-state index in [1.54, 1.807) is 38.3 Å². The lowest BCUT2D eigenvalue weighted by molar-refractivity contribution is 0.311. The van der Waals surface area contributed by atoms with E-state index in [0.717, 1.165) is 16.4 Å². The summed E-state index contributed by atoms with van der Waals surface area (Å²) in [5.41, 5.74) is 0.775.